The van der Waals surface area contributed by atoms with Crippen molar-refractivity contribution in [1.82, 2.24) is 20.1 Å². The first kappa shape index (κ1) is 12.5. The van der Waals surface area contributed by atoms with Crippen LogP contribution in [0.1, 0.15) is 23.7 Å². The molecule has 6 heteroatoms. The highest BCUT2D eigenvalue weighted by atomic mass is 35.5. The highest BCUT2D eigenvalue weighted by molar-refractivity contribution is 7.10. The molecule has 17 heavy (non-hydrogen) atoms. The molecule has 0 spiro atoms. The minimum Gasteiger partial charge on any atom is -0.312 e. The molecule has 92 valence electrons. The zero-order chi connectivity index (χ0) is 12.3. The van der Waals surface area contributed by atoms with Gasteiger partial charge in [-0.05, 0) is 25.4 Å². The van der Waals surface area contributed by atoms with Crippen LogP contribution < -0.4 is 5.32 Å². The number of thiophene rings is 1. The maximum absolute atomic E-state index is 6.15. The third kappa shape index (κ3) is 2.68. The van der Waals surface area contributed by atoms with Gasteiger partial charge in [0.1, 0.15) is 12.2 Å². The molecule has 0 aliphatic rings. The number of hydrogen-bond donors (Lipinski definition) is 1. The quantitative estimate of drug-likeness (QED) is 0.908. The Morgan fingerprint density at radius 3 is 3.00 bits per heavy atom. The number of nitrogens with zero attached hydrogens (tertiary/aromatic N) is 3. The minimum atomic E-state index is 0.192. The van der Waals surface area contributed by atoms with E-state index in [2.05, 4.69) is 22.3 Å². The van der Waals surface area contributed by atoms with Crippen molar-refractivity contribution in [1.29, 1.82) is 0 Å². The van der Waals surface area contributed by atoms with Gasteiger partial charge < -0.3 is 5.32 Å². The maximum atomic E-state index is 6.15. The second-order valence-corrected chi connectivity index (χ2v) is 5.03. The Hall–Kier alpha value is -0.910. The summed E-state index contributed by atoms with van der Waals surface area (Å²) in [6.07, 6.45) is 2.39. The van der Waals surface area contributed by atoms with E-state index in [-0.39, 0.29) is 6.04 Å². The van der Waals surface area contributed by atoms with E-state index in [0.29, 0.717) is 0 Å². The van der Waals surface area contributed by atoms with Gasteiger partial charge in [-0.15, -0.1) is 11.3 Å². The second-order valence-electron chi connectivity index (χ2n) is 3.67. The van der Waals surface area contributed by atoms with Gasteiger partial charge in [0, 0.05) is 23.9 Å². The predicted molar refractivity (Wildman–Crippen MR) is 70.5 cm³/mol. The summed E-state index contributed by atoms with van der Waals surface area (Å²) in [5.41, 5.74) is 0. The van der Waals surface area contributed by atoms with Gasteiger partial charge in [-0.2, -0.15) is 5.10 Å². The van der Waals surface area contributed by atoms with Crippen molar-refractivity contribution in [2.24, 2.45) is 0 Å². The van der Waals surface area contributed by atoms with E-state index in [1.165, 1.54) is 0 Å². The smallest absolute Gasteiger partial charge is 0.138 e. The molecule has 0 fully saturated rings. The lowest BCUT2D eigenvalue weighted by Crippen LogP contribution is -2.20. The van der Waals surface area contributed by atoms with Crippen molar-refractivity contribution in [3.05, 3.63) is 33.5 Å². The third-order valence-corrected chi connectivity index (χ3v) is 4.16. The Labute approximate surface area is 110 Å². The van der Waals surface area contributed by atoms with Gasteiger partial charge in [-0.1, -0.05) is 11.6 Å². The summed E-state index contributed by atoms with van der Waals surface area (Å²) >= 11 is 7.82. The third-order valence-electron chi connectivity index (χ3n) is 2.69. The first-order valence-corrected chi connectivity index (χ1v) is 6.78. The lowest BCUT2D eigenvalue weighted by Gasteiger charge is -2.15. The summed E-state index contributed by atoms with van der Waals surface area (Å²) in [6.45, 7) is 2.90. The van der Waals surface area contributed by atoms with Crippen molar-refractivity contribution in [3.8, 4) is 0 Å². The van der Waals surface area contributed by atoms with E-state index in [9.17, 15) is 0 Å². The molecule has 0 radical (unpaired) electrons. The van der Waals surface area contributed by atoms with Crippen LogP contribution in [0.2, 0.25) is 5.02 Å². The summed E-state index contributed by atoms with van der Waals surface area (Å²) in [6, 6.07) is 2.12. The maximum Gasteiger partial charge on any atom is 0.138 e. The van der Waals surface area contributed by atoms with Crippen LogP contribution in [0.3, 0.4) is 0 Å². The normalized spacial score (nSPS) is 12.9. The Morgan fingerprint density at radius 2 is 2.41 bits per heavy atom. The van der Waals surface area contributed by atoms with E-state index in [0.717, 1.165) is 28.7 Å². The van der Waals surface area contributed by atoms with Crippen molar-refractivity contribution >= 4 is 22.9 Å². The number of rotatable bonds is 5. The van der Waals surface area contributed by atoms with Crippen molar-refractivity contribution in [2.75, 3.05) is 7.05 Å². The first-order valence-electron chi connectivity index (χ1n) is 5.53. The molecular formula is C11H15ClN4S. The van der Waals surface area contributed by atoms with Crippen molar-refractivity contribution in [2.45, 2.75) is 25.9 Å². The summed E-state index contributed by atoms with van der Waals surface area (Å²) in [5, 5.41) is 10.3. The summed E-state index contributed by atoms with van der Waals surface area (Å²) in [5.74, 6) is 0.983. The van der Waals surface area contributed by atoms with Crippen LogP contribution in [-0.4, -0.2) is 21.8 Å². The molecule has 0 saturated carbocycles. The minimum absolute atomic E-state index is 0.192. The molecular weight excluding hydrogens is 256 g/mol. The summed E-state index contributed by atoms with van der Waals surface area (Å²) in [7, 11) is 1.94. The van der Waals surface area contributed by atoms with Gasteiger partial charge in [-0.3, -0.25) is 4.68 Å². The molecule has 0 amide bonds. The van der Waals surface area contributed by atoms with E-state index in [1.807, 2.05) is 23.2 Å². The number of halogens is 1. The molecule has 4 nitrogen and oxygen atoms in total. The van der Waals surface area contributed by atoms with E-state index in [4.69, 9.17) is 11.6 Å². The molecule has 0 aliphatic carbocycles. The second kappa shape index (κ2) is 5.62. The van der Waals surface area contributed by atoms with Crippen LogP contribution >= 0.6 is 22.9 Å². The van der Waals surface area contributed by atoms with Gasteiger partial charge in [0.2, 0.25) is 0 Å². The number of likely N-dealkylation sites (N-methyl/N-ethyl adjacent to an activating group) is 1. The molecule has 2 aromatic rings. The van der Waals surface area contributed by atoms with Crippen LogP contribution in [0.4, 0.5) is 0 Å². The Kier molecular flexibility index (Phi) is 4.15. The molecule has 1 N–H and O–H groups in total. The van der Waals surface area contributed by atoms with Gasteiger partial charge in [0.25, 0.3) is 0 Å². The monoisotopic (exact) mass is 270 g/mol. The molecule has 0 saturated heterocycles. The van der Waals surface area contributed by atoms with Crippen LogP contribution in [-0.2, 0) is 13.0 Å². The Bertz CT molecular complexity index is 479. The number of aryl methyl sites for hydroxylation is 1. The fraction of sp³-hybridized carbons (Fsp3) is 0.455. The van der Waals surface area contributed by atoms with E-state index < -0.39 is 0 Å². The van der Waals surface area contributed by atoms with Crippen molar-refractivity contribution in [3.63, 3.8) is 0 Å². The molecule has 2 heterocycles. The average molecular weight is 271 g/mol. The van der Waals surface area contributed by atoms with E-state index >= 15 is 0 Å². The van der Waals surface area contributed by atoms with Crippen molar-refractivity contribution < 1.29 is 0 Å². The first-order chi connectivity index (χ1) is 8.26. The highest BCUT2D eigenvalue weighted by Gasteiger charge is 2.17. The Morgan fingerprint density at radius 1 is 1.59 bits per heavy atom. The number of hydrogen-bond acceptors (Lipinski definition) is 4. The molecule has 1 unspecified atom stereocenters. The van der Waals surface area contributed by atoms with Crippen LogP contribution in [0.25, 0.3) is 0 Å². The zero-order valence-corrected chi connectivity index (χ0v) is 11.4. The standard InChI is InChI=1S/C11H15ClN4S/c1-3-16-10(14-7-15-16)6-9(13-2)11-8(12)4-5-17-11/h4-5,7,9,13H,3,6H2,1-2H3. The molecule has 2 aromatic heterocycles. The van der Waals surface area contributed by atoms with Gasteiger partial charge in [0.15, 0.2) is 0 Å². The molecule has 2 rings (SSSR count). The molecule has 0 aromatic carbocycles. The fourth-order valence-electron chi connectivity index (χ4n) is 1.77. The average Bonchev–Trinajstić information content (AvgIpc) is 2.94. The lowest BCUT2D eigenvalue weighted by atomic mass is 10.1. The number of aromatic nitrogens is 3. The molecule has 1 atom stereocenters. The molecule has 0 aliphatic heterocycles. The SMILES string of the molecule is CCn1ncnc1CC(NC)c1sccc1Cl. The van der Waals surface area contributed by atoms with Crippen LogP contribution in [0, 0.1) is 0 Å². The predicted octanol–water partition coefficient (Wildman–Crippen LogP) is 2.52. The summed E-state index contributed by atoms with van der Waals surface area (Å²) in [4.78, 5) is 5.44. The van der Waals surface area contributed by atoms with Gasteiger partial charge in [0.05, 0.1) is 5.02 Å². The van der Waals surface area contributed by atoms with Gasteiger partial charge >= 0.3 is 0 Å². The fourth-order valence-corrected chi connectivity index (χ4v) is 3.07. The van der Waals surface area contributed by atoms with E-state index in [1.54, 1.807) is 17.7 Å². The molecule has 0 bridgehead atoms. The largest absolute Gasteiger partial charge is 0.312 e. The van der Waals surface area contributed by atoms with Crippen LogP contribution in [0.5, 0.6) is 0 Å². The lowest BCUT2D eigenvalue weighted by molar-refractivity contribution is 0.539. The highest BCUT2D eigenvalue weighted by Crippen LogP contribution is 2.30. The van der Waals surface area contributed by atoms with Gasteiger partial charge in [-0.25, -0.2) is 4.98 Å². The zero-order valence-electron chi connectivity index (χ0n) is 9.85. The van der Waals surface area contributed by atoms with Crippen LogP contribution in [0.15, 0.2) is 17.8 Å². The number of nitrogens with one attached hydrogen (secondary N) is 1. The Balaban J connectivity index is 2.19. The summed E-state index contributed by atoms with van der Waals surface area (Å²) < 4.78 is 1.91. The topological polar surface area (TPSA) is 42.7 Å².